The van der Waals surface area contributed by atoms with Crippen LogP contribution in [0.2, 0.25) is 0 Å². The molecule has 1 heterocycles. The van der Waals surface area contributed by atoms with Crippen molar-refractivity contribution in [1.82, 2.24) is 0 Å². The van der Waals surface area contributed by atoms with Crippen LogP contribution in [0.3, 0.4) is 0 Å². The first-order chi connectivity index (χ1) is 10.2. The van der Waals surface area contributed by atoms with Crippen LogP contribution >= 0.6 is 0 Å². The minimum atomic E-state index is -0.236. The minimum absolute atomic E-state index is 0.0286. The van der Waals surface area contributed by atoms with Gasteiger partial charge in [-0.3, -0.25) is 4.90 Å². The summed E-state index contributed by atoms with van der Waals surface area (Å²) in [6, 6.07) is 7.60. The highest BCUT2D eigenvalue weighted by Gasteiger charge is 2.31. The molecular formula is C17H25NO3. The first kappa shape index (κ1) is 15.7. The van der Waals surface area contributed by atoms with Crippen molar-refractivity contribution in [3.8, 4) is 5.75 Å². The van der Waals surface area contributed by atoms with Crippen LogP contribution in [-0.4, -0.2) is 25.3 Å². The van der Waals surface area contributed by atoms with Crippen LogP contribution in [-0.2, 0) is 4.74 Å². The number of benzene rings is 1. The first-order valence-corrected chi connectivity index (χ1v) is 7.95. The second-order valence-electron chi connectivity index (χ2n) is 5.39. The molecule has 0 spiro atoms. The van der Waals surface area contributed by atoms with Crippen molar-refractivity contribution in [2.45, 2.75) is 52.1 Å². The number of carbonyl (C=O) groups is 1. The van der Waals surface area contributed by atoms with Crippen LogP contribution in [0, 0.1) is 0 Å². The molecule has 1 aromatic rings. The molecule has 1 atom stereocenters. The predicted octanol–water partition coefficient (Wildman–Crippen LogP) is 4.38. The Morgan fingerprint density at radius 3 is 2.62 bits per heavy atom. The third-order valence-corrected chi connectivity index (χ3v) is 3.71. The number of rotatable bonds is 8. The van der Waals surface area contributed by atoms with Gasteiger partial charge in [-0.05, 0) is 44.0 Å². The summed E-state index contributed by atoms with van der Waals surface area (Å²) in [5.74, 6) is 0.824. The van der Waals surface area contributed by atoms with Crippen molar-refractivity contribution >= 4 is 11.8 Å². The van der Waals surface area contributed by atoms with Crippen LogP contribution in [0.5, 0.6) is 5.75 Å². The molecule has 21 heavy (non-hydrogen) atoms. The van der Waals surface area contributed by atoms with Crippen molar-refractivity contribution in [2.75, 3.05) is 18.1 Å². The van der Waals surface area contributed by atoms with Gasteiger partial charge < -0.3 is 9.47 Å². The summed E-state index contributed by atoms with van der Waals surface area (Å²) in [6.07, 6.45) is 5.57. The fourth-order valence-corrected chi connectivity index (χ4v) is 2.57. The monoisotopic (exact) mass is 291 g/mol. The predicted molar refractivity (Wildman–Crippen MR) is 84.0 cm³/mol. The van der Waals surface area contributed by atoms with Gasteiger partial charge >= 0.3 is 6.09 Å². The molecule has 0 radical (unpaired) electrons. The van der Waals surface area contributed by atoms with E-state index in [9.17, 15) is 4.79 Å². The molecule has 1 unspecified atom stereocenters. The van der Waals surface area contributed by atoms with Gasteiger partial charge in [0.15, 0.2) is 0 Å². The molecular weight excluding hydrogens is 266 g/mol. The molecule has 0 aliphatic carbocycles. The summed E-state index contributed by atoms with van der Waals surface area (Å²) >= 11 is 0. The van der Waals surface area contributed by atoms with Gasteiger partial charge in [-0.15, -0.1) is 0 Å². The van der Waals surface area contributed by atoms with Gasteiger partial charge in [0, 0.05) is 5.69 Å². The zero-order chi connectivity index (χ0) is 15.1. The van der Waals surface area contributed by atoms with Crippen molar-refractivity contribution in [1.29, 1.82) is 0 Å². The van der Waals surface area contributed by atoms with Crippen LogP contribution in [0.1, 0.15) is 46.0 Å². The van der Waals surface area contributed by atoms with Crippen molar-refractivity contribution in [3.63, 3.8) is 0 Å². The van der Waals surface area contributed by atoms with E-state index in [1.807, 2.05) is 31.2 Å². The fraction of sp³-hybridized carbons (Fsp3) is 0.588. The molecule has 116 valence electrons. The smallest absolute Gasteiger partial charge is 0.414 e. The van der Waals surface area contributed by atoms with E-state index in [4.69, 9.17) is 9.47 Å². The Kier molecular flexibility index (Phi) is 5.90. The quantitative estimate of drug-likeness (QED) is 0.667. The number of unbranched alkanes of at least 4 members (excludes halogenated alkanes) is 3. The Hall–Kier alpha value is -1.71. The maximum Gasteiger partial charge on any atom is 0.414 e. The highest BCUT2D eigenvalue weighted by molar-refractivity contribution is 5.89. The topological polar surface area (TPSA) is 38.8 Å². The number of hydrogen-bond acceptors (Lipinski definition) is 3. The number of carbonyl (C=O) groups excluding carboxylic acids is 1. The molecule has 2 rings (SSSR count). The van der Waals surface area contributed by atoms with E-state index < -0.39 is 0 Å². The van der Waals surface area contributed by atoms with E-state index in [0.29, 0.717) is 13.2 Å². The Bertz CT molecular complexity index is 444. The lowest BCUT2D eigenvalue weighted by Gasteiger charge is -2.13. The van der Waals surface area contributed by atoms with E-state index in [1.54, 1.807) is 4.90 Å². The highest BCUT2D eigenvalue weighted by Crippen LogP contribution is 2.26. The third-order valence-electron chi connectivity index (χ3n) is 3.71. The molecule has 0 saturated carbocycles. The second kappa shape index (κ2) is 7.91. The number of anilines is 1. The molecule has 4 nitrogen and oxygen atoms in total. The first-order valence-electron chi connectivity index (χ1n) is 7.95. The van der Waals surface area contributed by atoms with Gasteiger partial charge in [0.05, 0.1) is 13.2 Å². The summed E-state index contributed by atoms with van der Waals surface area (Å²) in [6.45, 7) is 5.45. The molecule has 1 aliphatic heterocycles. The van der Waals surface area contributed by atoms with Gasteiger partial charge in [-0.25, -0.2) is 4.79 Å². The SMILES string of the molecule is CCCCCCC1CN(c2ccc(OCC)cc2)C(=O)O1. The minimum Gasteiger partial charge on any atom is -0.494 e. The Balaban J connectivity index is 1.87. The Morgan fingerprint density at radius 1 is 1.19 bits per heavy atom. The second-order valence-corrected chi connectivity index (χ2v) is 5.39. The molecule has 0 bridgehead atoms. The Labute approximate surface area is 127 Å². The van der Waals surface area contributed by atoms with Crippen LogP contribution in [0.25, 0.3) is 0 Å². The van der Waals surface area contributed by atoms with Crippen LogP contribution < -0.4 is 9.64 Å². The summed E-state index contributed by atoms with van der Waals surface area (Å²) in [5.41, 5.74) is 0.875. The average molecular weight is 291 g/mol. The van der Waals surface area contributed by atoms with E-state index in [-0.39, 0.29) is 12.2 Å². The van der Waals surface area contributed by atoms with E-state index in [0.717, 1.165) is 24.3 Å². The zero-order valence-electron chi connectivity index (χ0n) is 13.0. The fourth-order valence-electron chi connectivity index (χ4n) is 2.57. The molecule has 1 amide bonds. The lowest BCUT2D eigenvalue weighted by molar-refractivity contribution is 0.135. The number of nitrogens with zero attached hydrogens (tertiary/aromatic N) is 1. The summed E-state index contributed by atoms with van der Waals surface area (Å²) in [7, 11) is 0. The molecule has 1 fully saturated rings. The molecule has 1 saturated heterocycles. The molecule has 0 N–H and O–H groups in total. The Morgan fingerprint density at radius 2 is 1.95 bits per heavy atom. The summed E-state index contributed by atoms with van der Waals surface area (Å²) < 4.78 is 10.9. The average Bonchev–Trinajstić information content (AvgIpc) is 2.86. The van der Waals surface area contributed by atoms with Crippen molar-refractivity contribution < 1.29 is 14.3 Å². The molecule has 0 aromatic heterocycles. The van der Waals surface area contributed by atoms with Crippen molar-refractivity contribution in [3.05, 3.63) is 24.3 Å². The van der Waals surface area contributed by atoms with E-state index in [2.05, 4.69) is 6.92 Å². The maximum atomic E-state index is 12.0. The largest absolute Gasteiger partial charge is 0.494 e. The molecule has 4 heteroatoms. The van der Waals surface area contributed by atoms with E-state index in [1.165, 1.54) is 19.3 Å². The van der Waals surface area contributed by atoms with E-state index >= 15 is 0 Å². The third kappa shape index (κ3) is 4.38. The number of ether oxygens (including phenoxy) is 2. The normalized spacial score (nSPS) is 17.9. The van der Waals surface area contributed by atoms with Crippen LogP contribution in [0.15, 0.2) is 24.3 Å². The number of amides is 1. The van der Waals surface area contributed by atoms with Gasteiger partial charge in [0.25, 0.3) is 0 Å². The summed E-state index contributed by atoms with van der Waals surface area (Å²) in [5, 5.41) is 0. The zero-order valence-corrected chi connectivity index (χ0v) is 13.0. The van der Waals surface area contributed by atoms with Gasteiger partial charge in [0.2, 0.25) is 0 Å². The van der Waals surface area contributed by atoms with Crippen molar-refractivity contribution in [2.24, 2.45) is 0 Å². The number of hydrogen-bond donors (Lipinski definition) is 0. The highest BCUT2D eigenvalue weighted by atomic mass is 16.6. The lowest BCUT2D eigenvalue weighted by Crippen LogP contribution is -2.24. The van der Waals surface area contributed by atoms with Gasteiger partial charge in [0.1, 0.15) is 11.9 Å². The standard InChI is InChI=1S/C17H25NO3/c1-3-5-6-7-8-16-13-18(17(19)21-16)14-9-11-15(12-10-14)20-4-2/h9-12,16H,3-8,13H2,1-2H3. The van der Waals surface area contributed by atoms with Gasteiger partial charge in [-0.1, -0.05) is 26.2 Å². The lowest BCUT2D eigenvalue weighted by atomic mass is 10.1. The van der Waals surface area contributed by atoms with Gasteiger partial charge in [-0.2, -0.15) is 0 Å². The van der Waals surface area contributed by atoms with Crippen LogP contribution in [0.4, 0.5) is 10.5 Å². The molecule has 1 aliphatic rings. The maximum absolute atomic E-state index is 12.0. The molecule has 1 aromatic carbocycles. The number of cyclic esters (lactones) is 1. The summed E-state index contributed by atoms with van der Waals surface area (Å²) in [4.78, 5) is 13.7.